The van der Waals surface area contributed by atoms with E-state index < -0.39 is 0 Å². The molecule has 1 rings (SSSR count). The van der Waals surface area contributed by atoms with Crippen LogP contribution in [0.3, 0.4) is 0 Å². The van der Waals surface area contributed by atoms with Crippen molar-refractivity contribution in [1.82, 2.24) is 0 Å². The number of aryl methyl sites for hydroxylation is 1. The summed E-state index contributed by atoms with van der Waals surface area (Å²) in [7, 11) is 1.70. The van der Waals surface area contributed by atoms with E-state index in [0.29, 0.717) is 5.92 Å². The van der Waals surface area contributed by atoms with E-state index in [9.17, 15) is 0 Å². The number of ether oxygens (including phenoxy) is 1. The first-order valence-corrected chi connectivity index (χ1v) is 7.33. The molecule has 0 saturated carbocycles. The monoisotopic (exact) mass is 283 g/mol. The number of methoxy groups -OCH3 is 1. The van der Waals surface area contributed by atoms with Gasteiger partial charge < -0.3 is 4.74 Å². The molecule has 0 heterocycles. The smallest absolute Gasteiger partial charge is 0.133 e. The Morgan fingerprint density at radius 1 is 1.44 bits per heavy atom. The number of nitrogens with zero attached hydrogens (tertiary/aromatic N) is 1. The first kappa shape index (κ1) is 15.2. The van der Waals surface area contributed by atoms with E-state index in [-0.39, 0.29) is 0 Å². The molecule has 0 aliphatic rings. The Balaban J connectivity index is 2.92. The molecule has 4 heteroatoms. The van der Waals surface area contributed by atoms with Gasteiger partial charge in [-0.1, -0.05) is 25.4 Å². The standard InChI is InChI=1S/C14H18ClNOS/c1-10(2)13-8-12(15)7-11(14(13)17-3)5-4-6-18-9-16/h7-8,10H,4-6H2,1-3H3. The first-order chi connectivity index (χ1) is 8.60. The van der Waals surface area contributed by atoms with E-state index in [1.165, 1.54) is 11.8 Å². The van der Waals surface area contributed by atoms with Gasteiger partial charge in [0.25, 0.3) is 0 Å². The molecule has 0 saturated heterocycles. The third-order valence-electron chi connectivity index (χ3n) is 2.74. The minimum Gasteiger partial charge on any atom is -0.496 e. The number of rotatable bonds is 6. The second kappa shape index (κ2) is 7.56. The highest BCUT2D eigenvalue weighted by molar-refractivity contribution is 8.03. The van der Waals surface area contributed by atoms with Gasteiger partial charge in [-0.2, -0.15) is 5.26 Å². The van der Waals surface area contributed by atoms with Crippen molar-refractivity contribution < 1.29 is 4.74 Å². The number of thioether (sulfide) groups is 1. The fourth-order valence-electron chi connectivity index (χ4n) is 1.92. The Bertz CT molecular complexity index is 440. The van der Waals surface area contributed by atoms with Gasteiger partial charge in [0, 0.05) is 10.8 Å². The van der Waals surface area contributed by atoms with E-state index in [1.807, 2.05) is 12.1 Å². The van der Waals surface area contributed by atoms with Gasteiger partial charge in [0.05, 0.1) is 7.11 Å². The summed E-state index contributed by atoms with van der Waals surface area (Å²) in [5.41, 5.74) is 2.28. The predicted octanol–water partition coefficient (Wildman–Crippen LogP) is 4.62. The van der Waals surface area contributed by atoms with Crippen LogP contribution in [-0.4, -0.2) is 12.9 Å². The molecule has 0 spiro atoms. The summed E-state index contributed by atoms with van der Waals surface area (Å²) in [6, 6.07) is 3.93. The van der Waals surface area contributed by atoms with Crippen LogP contribution in [0.4, 0.5) is 0 Å². The first-order valence-electron chi connectivity index (χ1n) is 5.97. The molecule has 0 amide bonds. The number of halogens is 1. The number of thiocyanates is 1. The lowest BCUT2D eigenvalue weighted by Crippen LogP contribution is -2.00. The number of hydrogen-bond donors (Lipinski definition) is 0. The Labute approximate surface area is 118 Å². The Morgan fingerprint density at radius 2 is 2.17 bits per heavy atom. The second-order valence-electron chi connectivity index (χ2n) is 4.39. The van der Waals surface area contributed by atoms with Crippen molar-refractivity contribution in [3.05, 3.63) is 28.3 Å². The fourth-order valence-corrected chi connectivity index (χ4v) is 2.55. The van der Waals surface area contributed by atoms with Crippen LogP contribution in [-0.2, 0) is 6.42 Å². The van der Waals surface area contributed by atoms with E-state index >= 15 is 0 Å². The van der Waals surface area contributed by atoms with Crippen molar-refractivity contribution >= 4 is 23.4 Å². The average molecular weight is 284 g/mol. The molecule has 1 aromatic carbocycles. The van der Waals surface area contributed by atoms with Crippen molar-refractivity contribution in [3.63, 3.8) is 0 Å². The molecule has 0 aliphatic carbocycles. The van der Waals surface area contributed by atoms with Gasteiger partial charge >= 0.3 is 0 Å². The summed E-state index contributed by atoms with van der Waals surface area (Å²) in [4.78, 5) is 0. The van der Waals surface area contributed by atoms with Crippen molar-refractivity contribution in [2.75, 3.05) is 12.9 Å². The molecular weight excluding hydrogens is 266 g/mol. The quantitative estimate of drug-likeness (QED) is 0.564. The van der Waals surface area contributed by atoms with Crippen molar-refractivity contribution in [2.45, 2.75) is 32.6 Å². The zero-order valence-corrected chi connectivity index (χ0v) is 12.6. The van der Waals surface area contributed by atoms with E-state index in [2.05, 4.69) is 19.2 Å². The Hall–Kier alpha value is -0.850. The van der Waals surface area contributed by atoms with Crippen LogP contribution >= 0.6 is 23.4 Å². The zero-order valence-electron chi connectivity index (χ0n) is 11.0. The van der Waals surface area contributed by atoms with E-state index in [4.69, 9.17) is 21.6 Å². The van der Waals surface area contributed by atoms with E-state index in [1.54, 1.807) is 7.11 Å². The SMILES string of the molecule is COc1c(CCCSC#N)cc(Cl)cc1C(C)C. The zero-order chi connectivity index (χ0) is 13.5. The predicted molar refractivity (Wildman–Crippen MR) is 78.5 cm³/mol. The molecule has 0 bridgehead atoms. The van der Waals surface area contributed by atoms with Crippen molar-refractivity contribution in [2.24, 2.45) is 0 Å². The lowest BCUT2D eigenvalue weighted by Gasteiger charge is -2.16. The number of hydrogen-bond acceptors (Lipinski definition) is 3. The van der Waals surface area contributed by atoms with Gasteiger partial charge in [-0.3, -0.25) is 0 Å². The van der Waals surface area contributed by atoms with Gasteiger partial charge in [0.2, 0.25) is 0 Å². The molecule has 0 aliphatic heterocycles. The summed E-state index contributed by atoms with van der Waals surface area (Å²) in [6.07, 6.45) is 1.84. The van der Waals surface area contributed by atoms with Gasteiger partial charge in [0.15, 0.2) is 0 Å². The molecule has 0 unspecified atom stereocenters. The Kier molecular flexibility index (Phi) is 6.38. The van der Waals surface area contributed by atoms with Gasteiger partial charge in [-0.25, -0.2) is 0 Å². The highest BCUT2D eigenvalue weighted by Gasteiger charge is 2.13. The third kappa shape index (κ3) is 4.12. The summed E-state index contributed by atoms with van der Waals surface area (Å²) in [5.74, 6) is 2.16. The number of nitriles is 1. The normalized spacial score (nSPS) is 10.4. The van der Waals surface area contributed by atoms with Crippen LogP contribution in [0.1, 0.15) is 37.3 Å². The maximum atomic E-state index is 8.49. The third-order valence-corrected chi connectivity index (χ3v) is 3.58. The van der Waals surface area contributed by atoms with Crippen LogP contribution in [0, 0.1) is 10.7 Å². The summed E-state index contributed by atoms with van der Waals surface area (Å²) in [6.45, 7) is 4.26. The number of benzene rings is 1. The fraction of sp³-hybridized carbons (Fsp3) is 0.500. The Morgan fingerprint density at radius 3 is 2.72 bits per heavy atom. The minimum absolute atomic E-state index is 0.380. The van der Waals surface area contributed by atoms with Crippen molar-refractivity contribution in [1.29, 1.82) is 5.26 Å². The second-order valence-corrected chi connectivity index (χ2v) is 5.70. The van der Waals surface area contributed by atoms with Crippen LogP contribution < -0.4 is 4.74 Å². The molecule has 0 fully saturated rings. The lowest BCUT2D eigenvalue weighted by atomic mass is 9.97. The van der Waals surface area contributed by atoms with Gasteiger partial charge in [-0.05, 0) is 53.8 Å². The topological polar surface area (TPSA) is 33.0 Å². The molecule has 1 aromatic rings. The molecule has 2 nitrogen and oxygen atoms in total. The highest BCUT2D eigenvalue weighted by Crippen LogP contribution is 2.34. The average Bonchev–Trinajstić information content (AvgIpc) is 2.33. The van der Waals surface area contributed by atoms with Crippen molar-refractivity contribution in [3.8, 4) is 11.2 Å². The van der Waals surface area contributed by atoms with Crippen LogP contribution in [0.25, 0.3) is 0 Å². The largest absolute Gasteiger partial charge is 0.496 e. The molecule has 0 N–H and O–H groups in total. The van der Waals surface area contributed by atoms with Crippen LogP contribution in [0.5, 0.6) is 5.75 Å². The lowest BCUT2D eigenvalue weighted by molar-refractivity contribution is 0.402. The van der Waals surface area contributed by atoms with Crippen LogP contribution in [0.2, 0.25) is 5.02 Å². The maximum absolute atomic E-state index is 8.49. The van der Waals surface area contributed by atoms with Gasteiger partial charge in [0.1, 0.15) is 11.2 Å². The molecular formula is C14H18ClNOS. The maximum Gasteiger partial charge on any atom is 0.133 e. The van der Waals surface area contributed by atoms with E-state index in [0.717, 1.165) is 40.5 Å². The molecule has 98 valence electrons. The summed E-state index contributed by atoms with van der Waals surface area (Å²) in [5, 5.41) is 11.3. The molecule has 18 heavy (non-hydrogen) atoms. The molecule has 0 atom stereocenters. The molecule has 0 radical (unpaired) electrons. The highest BCUT2D eigenvalue weighted by atomic mass is 35.5. The summed E-state index contributed by atoms with van der Waals surface area (Å²) < 4.78 is 5.52. The molecule has 0 aromatic heterocycles. The van der Waals surface area contributed by atoms with Gasteiger partial charge in [-0.15, -0.1) is 0 Å². The van der Waals surface area contributed by atoms with Crippen LogP contribution in [0.15, 0.2) is 12.1 Å². The summed E-state index contributed by atoms with van der Waals surface area (Å²) >= 11 is 7.44. The minimum atomic E-state index is 0.380.